The Kier molecular flexibility index (Phi) is 3.09. The molecule has 5 heteroatoms. The molecule has 0 radical (unpaired) electrons. The van der Waals surface area contributed by atoms with Gasteiger partial charge in [0, 0.05) is 14.0 Å². The lowest BCUT2D eigenvalue weighted by Gasteiger charge is -2.00. The smallest absolute Gasteiger partial charge is 0.177 e. The highest BCUT2D eigenvalue weighted by Gasteiger charge is 2.18. The van der Waals surface area contributed by atoms with Gasteiger partial charge in [0.25, 0.3) is 0 Å². The average Bonchev–Trinajstić information content (AvgIpc) is 2.99. The Hall–Kier alpha value is -1.34. The van der Waals surface area contributed by atoms with Crippen molar-refractivity contribution in [3.05, 3.63) is 45.3 Å². The fraction of sp³-hybridized carbons (Fsp3) is 0. The zero-order chi connectivity index (χ0) is 12.5. The molecule has 0 amide bonds. The third-order valence-corrected chi connectivity index (χ3v) is 4.20. The molecule has 3 nitrogen and oxygen atoms in total. The number of thiophene rings is 1. The maximum absolute atomic E-state index is 5.90. The van der Waals surface area contributed by atoms with Crippen LogP contribution in [0.4, 0.5) is 5.82 Å². The highest BCUT2D eigenvalue weighted by atomic mass is 127. The number of hydrogen-bond donors (Lipinski definition) is 1. The van der Waals surface area contributed by atoms with Crippen LogP contribution in [0.25, 0.3) is 21.8 Å². The predicted octanol–water partition coefficient (Wildman–Crippen LogP) is 4.26. The highest BCUT2D eigenvalue weighted by molar-refractivity contribution is 14.1. The number of nitrogen functional groups attached to an aromatic ring is 1. The summed E-state index contributed by atoms with van der Waals surface area (Å²) in [5.41, 5.74) is 7.77. The van der Waals surface area contributed by atoms with E-state index in [1.807, 2.05) is 41.8 Å². The highest BCUT2D eigenvalue weighted by Crippen LogP contribution is 2.38. The first-order valence-electron chi connectivity index (χ1n) is 5.30. The molecule has 0 aliphatic carbocycles. The monoisotopic (exact) mass is 368 g/mol. The van der Waals surface area contributed by atoms with Gasteiger partial charge in [-0.25, -0.2) is 0 Å². The lowest BCUT2D eigenvalue weighted by Crippen LogP contribution is -1.86. The Morgan fingerprint density at radius 2 is 1.94 bits per heavy atom. The summed E-state index contributed by atoms with van der Waals surface area (Å²) in [6.07, 6.45) is 0. The van der Waals surface area contributed by atoms with Gasteiger partial charge in [-0.05, 0) is 46.2 Å². The fourth-order valence-electron chi connectivity index (χ4n) is 1.76. The molecule has 0 bridgehead atoms. The van der Waals surface area contributed by atoms with Gasteiger partial charge in [-0.2, -0.15) is 0 Å². The van der Waals surface area contributed by atoms with E-state index in [9.17, 15) is 0 Å². The quantitative estimate of drug-likeness (QED) is 0.688. The molecule has 0 saturated carbocycles. The van der Waals surface area contributed by atoms with Crippen LogP contribution in [0.1, 0.15) is 0 Å². The summed E-state index contributed by atoms with van der Waals surface area (Å²) in [6.45, 7) is 0. The SMILES string of the molecule is Nc1noc(-c2ccc(I)cc2)c1-c1cccs1. The molecule has 0 atom stereocenters. The molecule has 0 aliphatic rings. The van der Waals surface area contributed by atoms with Gasteiger partial charge in [-0.15, -0.1) is 11.3 Å². The van der Waals surface area contributed by atoms with Crippen molar-refractivity contribution in [2.45, 2.75) is 0 Å². The second kappa shape index (κ2) is 4.74. The molecular weight excluding hydrogens is 359 g/mol. The van der Waals surface area contributed by atoms with Crippen LogP contribution in [0.3, 0.4) is 0 Å². The van der Waals surface area contributed by atoms with E-state index in [-0.39, 0.29) is 0 Å². The van der Waals surface area contributed by atoms with Gasteiger partial charge in [-0.3, -0.25) is 0 Å². The van der Waals surface area contributed by atoms with Gasteiger partial charge in [0.2, 0.25) is 0 Å². The van der Waals surface area contributed by atoms with E-state index in [1.54, 1.807) is 11.3 Å². The average molecular weight is 368 g/mol. The molecule has 90 valence electrons. The van der Waals surface area contributed by atoms with Crippen molar-refractivity contribution < 1.29 is 4.52 Å². The number of halogens is 1. The number of rotatable bonds is 2. The lowest BCUT2D eigenvalue weighted by atomic mass is 10.1. The second-order valence-electron chi connectivity index (χ2n) is 3.76. The van der Waals surface area contributed by atoms with Gasteiger partial charge in [0.05, 0.1) is 5.56 Å². The first-order valence-corrected chi connectivity index (χ1v) is 7.26. The van der Waals surface area contributed by atoms with Gasteiger partial charge in [0.15, 0.2) is 11.6 Å². The van der Waals surface area contributed by atoms with E-state index in [4.69, 9.17) is 10.3 Å². The standard InChI is InChI=1S/C13H9IN2OS/c14-9-5-3-8(4-6-9)12-11(13(15)16-17-12)10-2-1-7-18-10/h1-7H,(H2,15,16). The van der Waals surface area contributed by atoms with Crippen LogP contribution in [-0.4, -0.2) is 5.16 Å². The van der Waals surface area contributed by atoms with Crippen LogP contribution in [0.15, 0.2) is 46.3 Å². The minimum absolute atomic E-state index is 0.436. The summed E-state index contributed by atoms with van der Waals surface area (Å²) < 4.78 is 6.56. The third kappa shape index (κ3) is 2.04. The summed E-state index contributed by atoms with van der Waals surface area (Å²) in [7, 11) is 0. The predicted molar refractivity (Wildman–Crippen MR) is 82.4 cm³/mol. The molecule has 18 heavy (non-hydrogen) atoms. The maximum atomic E-state index is 5.90. The van der Waals surface area contributed by atoms with Crippen LogP contribution < -0.4 is 5.73 Å². The van der Waals surface area contributed by atoms with Crippen molar-refractivity contribution in [3.8, 4) is 21.8 Å². The van der Waals surface area contributed by atoms with Crippen molar-refractivity contribution in [1.82, 2.24) is 5.16 Å². The van der Waals surface area contributed by atoms with Crippen molar-refractivity contribution in [3.63, 3.8) is 0 Å². The summed E-state index contributed by atoms with van der Waals surface area (Å²) in [6, 6.07) is 12.1. The maximum Gasteiger partial charge on any atom is 0.177 e. The van der Waals surface area contributed by atoms with Crippen LogP contribution >= 0.6 is 33.9 Å². The topological polar surface area (TPSA) is 52.0 Å². The summed E-state index contributed by atoms with van der Waals surface area (Å²) in [4.78, 5) is 1.07. The lowest BCUT2D eigenvalue weighted by molar-refractivity contribution is 0.436. The number of nitrogens with zero attached hydrogens (tertiary/aromatic N) is 1. The molecule has 0 aliphatic heterocycles. The first kappa shape index (κ1) is 11.7. The molecular formula is C13H9IN2OS. The van der Waals surface area contributed by atoms with Crippen molar-refractivity contribution >= 4 is 39.7 Å². The molecule has 0 saturated heterocycles. The molecule has 2 N–H and O–H groups in total. The first-order chi connectivity index (χ1) is 8.75. The third-order valence-electron chi connectivity index (χ3n) is 2.59. The Labute approximate surface area is 122 Å². The Balaban J connectivity index is 2.16. The van der Waals surface area contributed by atoms with Gasteiger partial charge >= 0.3 is 0 Å². The van der Waals surface area contributed by atoms with Gasteiger partial charge < -0.3 is 10.3 Å². The molecule has 3 aromatic rings. The number of aromatic nitrogens is 1. The van der Waals surface area contributed by atoms with E-state index < -0.39 is 0 Å². The van der Waals surface area contributed by atoms with E-state index >= 15 is 0 Å². The molecule has 0 fully saturated rings. The summed E-state index contributed by atoms with van der Waals surface area (Å²) in [5, 5.41) is 5.89. The number of hydrogen-bond acceptors (Lipinski definition) is 4. The molecule has 0 unspecified atom stereocenters. The van der Waals surface area contributed by atoms with E-state index in [0.717, 1.165) is 21.8 Å². The Bertz CT molecular complexity index is 659. The summed E-state index contributed by atoms with van der Waals surface area (Å²) >= 11 is 3.90. The van der Waals surface area contributed by atoms with Crippen LogP contribution in [0.2, 0.25) is 0 Å². The fourth-order valence-corrected chi connectivity index (χ4v) is 2.90. The zero-order valence-corrected chi connectivity index (χ0v) is 12.2. The minimum Gasteiger partial charge on any atom is -0.380 e. The summed E-state index contributed by atoms with van der Waals surface area (Å²) in [5.74, 6) is 1.16. The molecule has 1 aromatic carbocycles. The van der Waals surface area contributed by atoms with Crippen molar-refractivity contribution in [1.29, 1.82) is 0 Å². The number of anilines is 1. The van der Waals surface area contributed by atoms with Crippen LogP contribution in [-0.2, 0) is 0 Å². The number of benzene rings is 1. The van der Waals surface area contributed by atoms with Gasteiger partial charge in [0.1, 0.15) is 0 Å². The normalized spacial score (nSPS) is 10.7. The van der Waals surface area contributed by atoms with Gasteiger partial charge in [-0.1, -0.05) is 23.4 Å². The zero-order valence-electron chi connectivity index (χ0n) is 9.26. The largest absolute Gasteiger partial charge is 0.380 e. The Morgan fingerprint density at radius 1 is 1.17 bits per heavy atom. The van der Waals surface area contributed by atoms with Crippen LogP contribution in [0, 0.1) is 3.57 Å². The minimum atomic E-state index is 0.436. The van der Waals surface area contributed by atoms with Crippen molar-refractivity contribution in [2.75, 3.05) is 5.73 Å². The molecule has 2 aromatic heterocycles. The van der Waals surface area contributed by atoms with Crippen molar-refractivity contribution in [2.24, 2.45) is 0 Å². The second-order valence-corrected chi connectivity index (χ2v) is 5.95. The van der Waals surface area contributed by atoms with E-state index in [1.165, 1.54) is 3.57 Å². The van der Waals surface area contributed by atoms with Crippen LogP contribution in [0.5, 0.6) is 0 Å². The Morgan fingerprint density at radius 3 is 2.61 bits per heavy atom. The molecule has 3 rings (SSSR count). The number of nitrogens with two attached hydrogens (primary N) is 1. The molecule has 0 spiro atoms. The van der Waals surface area contributed by atoms with E-state index in [0.29, 0.717) is 5.82 Å². The molecule has 2 heterocycles. The van der Waals surface area contributed by atoms with E-state index in [2.05, 4.69) is 27.7 Å².